The van der Waals surface area contributed by atoms with E-state index in [1.807, 2.05) is 13.0 Å². The number of benzene rings is 1. The van der Waals surface area contributed by atoms with Crippen molar-refractivity contribution in [2.45, 2.75) is 30.5 Å². The van der Waals surface area contributed by atoms with Crippen LogP contribution in [0, 0.1) is 5.82 Å². The van der Waals surface area contributed by atoms with E-state index in [2.05, 4.69) is 10.3 Å². The predicted molar refractivity (Wildman–Crippen MR) is 88.1 cm³/mol. The van der Waals surface area contributed by atoms with Gasteiger partial charge in [-0.15, -0.1) is 11.8 Å². The summed E-state index contributed by atoms with van der Waals surface area (Å²) in [4.78, 5) is 15.8. The molecule has 1 aromatic heterocycles. The lowest BCUT2D eigenvalue weighted by Gasteiger charge is -2.08. The standard InChI is InChI=1S/C16H18FN3OS/c1-2-3-14(21)19-13-8-9-15(20-16(13)18)22-10-11-4-6-12(17)7-5-11/h4-9H,2-3,10H2,1H3,(H2,18,20)(H,19,21). The summed E-state index contributed by atoms with van der Waals surface area (Å²) in [6.45, 7) is 1.94. The molecule has 0 aliphatic rings. The van der Waals surface area contributed by atoms with Crippen molar-refractivity contribution in [2.24, 2.45) is 0 Å². The van der Waals surface area contributed by atoms with Crippen molar-refractivity contribution in [1.29, 1.82) is 0 Å². The van der Waals surface area contributed by atoms with E-state index in [9.17, 15) is 9.18 Å². The van der Waals surface area contributed by atoms with Crippen molar-refractivity contribution in [3.8, 4) is 0 Å². The van der Waals surface area contributed by atoms with Gasteiger partial charge in [0.05, 0.1) is 10.7 Å². The first-order chi connectivity index (χ1) is 10.6. The monoisotopic (exact) mass is 319 g/mol. The number of nitrogens with zero attached hydrogens (tertiary/aromatic N) is 1. The number of rotatable bonds is 6. The van der Waals surface area contributed by atoms with E-state index in [1.165, 1.54) is 23.9 Å². The molecule has 1 aromatic carbocycles. The van der Waals surface area contributed by atoms with Crippen molar-refractivity contribution < 1.29 is 9.18 Å². The maximum absolute atomic E-state index is 12.8. The Morgan fingerprint density at radius 3 is 2.64 bits per heavy atom. The number of halogens is 1. The largest absolute Gasteiger partial charge is 0.382 e. The van der Waals surface area contributed by atoms with Crippen LogP contribution in [0.2, 0.25) is 0 Å². The molecule has 3 N–H and O–H groups in total. The number of hydrogen-bond acceptors (Lipinski definition) is 4. The molecule has 2 rings (SSSR count). The number of thioether (sulfide) groups is 1. The van der Waals surface area contributed by atoms with E-state index in [4.69, 9.17) is 5.73 Å². The van der Waals surface area contributed by atoms with Gasteiger partial charge in [0.25, 0.3) is 0 Å². The van der Waals surface area contributed by atoms with Crippen LogP contribution in [0.3, 0.4) is 0 Å². The molecule has 116 valence electrons. The first-order valence-electron chi connectivity index (χ1n) is 7.02. The average molecular weight is 319 g/mol. The van der Waals surface area contributed by atoms with Gasteiger partial charge in [0.1, 0.15) is 11.6 Å². The average Bonchev–Trinajstić information content (AvgIpc) is 2.49. The van der Waals surface area contributed by atoms with Crippen LogP contribution in [0.4, 0.5) is 15.9 Å². The minimum atomic E-state index is -0.247. The number of nitrogens with one attached hydrogen (secondary N) is 1. The van der Waals surface area contributed by atoms with Gasteiger partial charge >= 0.3 is 0 Å². The predicted octanol–water partition coefficient (Wildman–Crippen LogP) is 3.83. The highest BCUT2D eigenvalue weighted by molar-refractivity contribution is 7.98. The number of nitrogen functional groups attached to an aromatic ring is 1. The third-order valence-corrected chi connectivity index (χ3v) is 3.95. The van der Waals surface area contributed by atoms with Crippen molar-refractivity contribution in [1.82, 2.24) is 4.98 Å². The second-order valence-corrected chi connectivity index (χ2v) is 5.79. The zero-order chi connectivity index (χ0) is 15.9. The summed E-state index contributed by atoms with van der Waals surface area (Å²) in [5.41, 5.74) is 7.40. The Balaban J connectivity index is 1.97. The van der Waals surface area contributed by atoms with E-state index in [1.54, 1.807) is 18.2 Å². The quantitative estimate of drug-likeness (QED) is 0.794. The lowest BCUT2D eigenvalue weighted by Crippen LogP contribution is -2.12. The molecule has 4 nitrogen and oxygen atoms in total. The fourth-order valence-corrected chi connectivity index (χ4v) is 2.65. The first-order valence-corrected chi connectivity index (χ1v) is 8.00. The van der Waals surface area contributed by atoms with Gasteiger partial charge in [-0.25, -0.2) is 9.37 Å². The highest BCUT2D eigenvalue weighted by Crippen LogP contribution is 2.25. The molecule has 0 aliphatic heterocycles. The van der Waals surface area contributed by atoms with Crippen molar-refractivity contribution in [3.05, 3.63) is 47.8 Å². The number of pyridine rings is 1. The van der Waals surface area contributed by atoms with Crippen molar-refractivity contribution >= 4 is 29.2 Å². The summed E-state index contributed by atoms with van der Waals surface area (Å²) in [5.74, 6) is 0.661. The van der Waals surface area contributed by atoms with E-state index in [0.717, 1.165) is 17.0 Å². The van der Waals surface area contributed by atoms with Crippen LogP contribution in [0.5, 0.6) is 0 Å². The van der Waals surface area contributed by atoms with Crippen LogP contribution in [-0.2, 0) is 10.5 Å². The zero-order valence-electron chi connectivity index (χ0n) is 12.3. The van der Waals surface area contributed by atoms with Gasteiger partial charge in [-0.3, -0.25) is 4.79 Å². The molecule has 22 heavy (non-hydrogen) atoms. The van der Waals surface area contributed by atoms with Gasteiger partial charge in [-0.1, -0.05) is 19.1 Å². The Kier molecular flexibility index (Phi) is 5.77. The van der Waals surface area contributed by atoms with Gasteiger partial charge in [-0.2, -0.15) is 0 Å². The van der Waals surface area contributed by atoms with Gasteiger partial charge in [0.2, 0.25) is 5.91 Å². The van der Waals surface area contributed by atoms with Crippen LogP contribution >= 0.6 is 11.8 Å². The molecule has 0 saturated carbocycles. The second-order valence-electron chi connectivity index (χ2n) is 4.80. The molecule has 0 fully saturated rings. The van der Waals surface area contributed by atoms with E-state index in [-0.39, 0.29) is 11.7 Å². The highest BCUT2D eigenvalue weighted by atomic mass is 32.2. The third-order valence-electron chi connectivity index (χ3n) is 2.95. The summed E-state index contributed by atoms with van der Waals surface area (Å²) < 4.78 is 12.8. The number of aromatic nitrogens is 1. The summed E-state index contributed by atoms with van der Waals surface area (Å²) in [6.07, 6.45) is 1.24. The molecule has 0 atom stereocenters. The molecule has 0 unspecified atom stereocenters. The summed E-state index contributed by atoms with van der Waals surface area (Å²) >= 11 is 1.51. The lowest BCUT2D eigenvalue weighted by molar-refractivity contribution is -0.116. The topological polar surface area (TPSA) is 68.0 Å². The molecule has 0 aliphatic carbocycles. The lowest BCUT2D eigenvalue weighted by atomic mass is 10.2. The van der Waals surface area contributed by atoms with Gasteiger partial charge in [-0.05, 0) is 36.2 Å². The number of carbonyl (C=O) groups is 1. The third kappa shape index (κ3) is 4.73. The highest BCUT2D eigenvalue weighted by Gasteiger charge is 2.07. The first kappa shape index (κ1) is 16.3. The molecule has 1 amide bonds. The zero-order valence-corrected chi connectivity index (χ0v) is 13.1. The van der Waals surface area contributed by atoms with Gasteiger partial charge in [0, 0.05) is 12.2 Å². The smallest absolute Gasteiger partial charge is 0.224 e. The van der Waals surface area contributed by atoms with Crippen LogP contribution in [-0.4, -0.2) is 10.9 Å². The second kappa shape index (κ2) is 7.79. The SMILES string of the molecule is CCCC(=O)Nc1ccc(SCc2ccc(F)cc2)nc1N. The maximum atomic E-state index is 12.8. The maximum Gasteiger partial charge on any atom is 0.224 e. The summed E-state index contributed by atoms with van der Waals surface area (Å²) in [5, 5.41) is 3.50. The van der Waals surface area contributed by atoms with Crippen molar-refractivity contribution in [2.75, 3.05) is 11.1 Å². The van der Waals surface area contributed by atoms with Gasteiger partial charge in [0.15, 0.2) is 0 Å². The number of carbonyl (C=O) groups excluding carboxylic acids is 1. The number of anilines is 2. The Morgan fingerprint density at radius 1 is 1.27 bits per heavy atom. The Labute approximate surface area is 133 Å². The van der Waals surface area contributed by atoms with Crippen LogP contribution in [0.25, 0.3) is 0 Å². The number of nitrogens with two attached hydrogens (primary N) is 1. The fraction of sp³-hybridized carbons (Fsp3) is 0.250. The molecule has 0 saturated heterocycles. The summed E-state index contributed by atoms with van der Waals surface area (Å²) in [6, 6.07) is 9.92. The Bertz CT molecular complexity index is 646. The summed E-state index contributed by atoms with van der Waals surface area (Å²) in [7, 11) is 0. The normalized spacial score (nSPS) is 10.5. The minimum absolute atomic E-state index is 0.0669. The molecule has 0 spiro atoms. The molecule has 0 bridgehead atoms. The Hall–Kier alpha value is -2.08. The van der Waals surface area contributed by atoms with E-state index < -0.39 is 0 Å². The number of amides is 1. The number of hydrogen-bond donors (Lipinski definition) is 2. The van der Waals surface area contributed by atoms with Crippen LogP contribution in [0.15, 0.2) is 41.4 Å². The molecular formula is C16H18FN3OS. The minimum Gasteiger partial charge on any atom is -0.382 e. The van der Waals surface area contributed by atoms with Crippen molar-refractivity contribution in [3.63, 3.8) is 0 Å². The molecular weight excluding hydrogens is 301 g/mol. The molecule has 1 heterocycles. The van der Waals surface area contributed by atoms with E-state index in [0.29, 0.717) is 23.7 Å². The fourth-order valence-electron chi connectivity index (χ4n) is 1.82. The Morgan fingerprint density at radius 2 is 2.00 bits per heavy atom. The molecule has 6 heteroatoms. The molecule has 2 aromatic rings. The van der Waals surface area contributed by atoms with Crippen LogP contribution < -0.4 is 11.1 Å². The van der Waals surface area contributed by atoms with Gasteiger partial charge < -0.3 is 11.1 Å². The van der Waals surface area contributed by atoms with E-state index >= 15 is 0 Å². The van der Waals surface area contributed by atoms with Crippen LogP contribution in [0.1, 0.15) is 25.3 Å². The molecule has 0 radical (unpaired) electrons.